The molecule has 0 bridgehead atoms. The Labute approximate surface area is 82.2 Å². The highest BCUT2D eigenvalue weighted by Crippen LogP contribution is 2.09. The summed E-state index contributed by atoms with van der Waals surface area (Å²) in [5, 5.41) is 8.61. The van der Waals surface area contributed by atoms with Gasteiger partial charge in [-0.1, -0.05) is 0 Å². The minimum atomic E-state index is -0.995. The van der Waals surface area contributed by atoms with Crippen molar-refractivity contribution >= 4 is 11.7 Å². The highest BCUT2D eigenvalue weighted by molar-refractivity contribution is 5.74. The average molecular weight is 195 g/mol. The lowest BCUT2D eigenvalue weighted by Crippen LogP contribution is -2.41. The molecule has 1 rings (SSSR count). The molecule has 0 aromatic carbocycles. The Morgan fingerprint density at radius 1 is 1.64 bits per heavy atom. The third kappa shape index (κ3) is 2.70. The minimum absolute atomic E-state index is 0.277. The van der Waals surface area contributed by atoms with Gasteiger partial charge in [-0.25, -0.2) is 0 Å². The average Bonchev–Trinajstić information content (AvgIpc) is 2.19. The molecule has 0 saturated carbocycles. The number of aliphatic carboxylic acids is 1. The van der Waals surface area contributed by atoms with Crippen molar-refractivity contribution in [2.45, 2.75) is 6.04 Å². The van der Waals surface area contributed by atoms with Crippen molar-refractivity contribution in [3.8, 4) is 0 Å². The highest BCUT2D eigenvalue weighted by atomic mass is 16.4. The molecule has 76 valence electrons. The SMILES string of the molecule is CN(CC(N)C(=O)O)c1ccncc1. The smallest absolute Gasteiger partial charge is 0.322 e. The third-order valence-electron chi connectivity index (χ3n) is 1.89. The first-order valence-corrected chi connectivity index (χ1v) is 4.21. The van der Waals surface area contributed by atoms with Gasteiger partial charge in [-0.05, 0) is 12.1 Å². The summed E-state index contributed by atoms with van der Waals surface area (Å²) < 4.78 is 0. The van der Waals surface area contributed by atoms with Crippen molar-refractivity contribution in [1.82, 2.24) is 4.98 Å². The summed E-state index contributed by atoms with van der Waals surface area (Å²) in [7, 11) is 1.79. The van der Waals surface area contributed by atoms with Crippen LogP contribution in [0.4, 0.5) is 5.69 Å². The summed E-state index contributed by atoms with van der Waals surface area (Å²) in [6.07, 6.45) is 3.30. The molecule has 14 heavy (non-hydrogen) atoms. The van der Waals surface area contributed by atoms with Crippen LogP contribution in [0.25, 0.3) is 0 Å². The number of likely N-dealkylation sites (N-methyl/N-ethyl adjacent to an activating group) is 1. The van der Waals surface area contributed by atoms with Crippen LogP contribution < -0.4 is 10.6 Å². The Balaban J connectivity index is 2.59. The first kappa shape index (κ1) is 10.5. The molecular weight excluding hydrogens is 182 g/mol. The predicted octanol–water partition coefficient (Wildman–Crippen LogP) is -0.0703. The largest absolute Gasteiger partial charge is 0.480 e. The quantitative estimate of drug-likeness (QED) is 0.703. The third-order valence-corrected chi connectivity index (χ3v) is 1.89. The monoisotopic (exact) mass is 195 g/mol. The number of aromatic nitrogens is 1. The number of nitrogens with two attached hydrogens (primary N) is 1. The Morgan fingerprint density at radius 3 is 2.71 bits per heavy atom. The number of carboxylic acids is 1. The number of nitrogens with zero attached hydrogens (tertiary/aromatic N) is 2. The molecule has 5 nitrogen and oxygen atoms in total. The Morgan fingerprint density at radius 2 is 2.21 bits per heavy atom. The maximum Gasteiger partial charge on any atom is 0.322 e. The van der Waals surface area contributed by atoms with Crippen LogP contribution >= 0.6 is 0 Å². The van der Waals surface area contributed by atoms with Gasteiger partial charge in [0.1, 0.15) is 6.04 Å². The van der Waals surface area contributed by atoms with Gasteiger partial charge in [-0.2, -0.15) is 0 Å². The molecule has 1 heterocycles. The first-order chi connectivity index (χ1) is 6.61. The van der Waals surface area contributed by atoms with Gasteiger partial charge >= 0.3 is 5.97 Å². The van der Waals surface area contributed by atoms with Gasteiger partial charge in [0, 0.05) is 31.7 Å². The van der Waals surface area contributed by atoms with Crippen LogP contribution in [-0.4, -0.2) is 35.7 Å². The maximum atomic E-state index is 10.5. The molecule has 0 aliphatic rings. The van der Waals surface area contributed by atoms with Crippen LogP contribution in [0.15, 0.2) is 24.5 Å². The van der Waals surface area contributed by atoms with E-state index in [-0.39, 0.29) is 6.54 Å². The van der Waals surface area contributed by atoms with Crippen LogP contribution in [0.5, 0.6) is 0 Å². The standard InChI is InChI=1S/C9H13N3O2/c1-12(6-8(10)9(13)14)7-2-4-11-5-3-7/h2-5,8H,6,10H2,1H3,(H,13,14). The molecule has 0 saturated heterocycles. The molecule has 0 radical (unpaired) electrons. The van der Waals surface area contributed by atoms with E-state index in [1.165, 1.54) is 0 Å². The molecular formula is C9H13N3O2. The number of carbonyl (C=O) groups is 1. The zero-order valence-corrected chi connectivity index (χ0v) is 7.92. The van der Waals surface area contributed by atoms with Gasteiger partial charge in [0.2, 0.25) is 0 Å². The number of hydrogen-bond donors (Lipinski definition) is 2. The van der Waals surface area contributed by atoms with E-state index in [0.29, 0.717) is 0 Å². The van der Waals surface area contributed by atoms with Crippen molar-refractivity contribution in [1.29, 1.82) is 0 Å². The minimum Gasteiger partial charge on any atom is -0.480 e. The van der Waals surface area contributed by atoms with E-state index >= 15 is 0 Å². The number of rotatable bonds is 4. The van der Waals surface area contributed by atoms with Crippen molar-refractivity contribution in [3.63, 3.8) is 0 Å². The van der Waals surface area contributed by atoms with Crippen LogP contribution in [0.3, 0.4) is 0 Å². The maximum absolute atomic E-state index is 10.5. The van der Waals surface area contributed by atoms with Crippen LogP contribution in [0, 0.1) is 0 Å². The lowest BCUT2D eigenvalue weighted by Gasteiger charge is -2.20. The van der Waals surface area contributed by atoms with Crippen molar-refractivity contribution < 1.29 is 9.90 Å². The molecule has 0 amide bonds. The van der Waals surface area contributed by atoms with Gasteiger partial charge < -0.3 is 15.7 Å². The van der Waals surface area contributed by atoms with E-state index in [2.05, 4.69) is 4.98 Å². The van der Waals surface area contributed by atoms with Crippen LogP contribution in [-0.2, 0) is 4.79 Å². The molecule has 1 aromatic heterocycles. The zero-order chi connectivity index (χ0) is 10.6. The van der Waals surface area contributed by atoms with Gasteiger partial charge in [0.25, 0.3) is 0 Å². The summed E-state index contributed by atoms with van der Waals surface area (Å²) in [5.74, 6) is -0.995. The summed E-state index contributed by atoms with van der Waals surface area (Å²) in [5.41, 5.74) is 6.30. The van der Waals surface area contributed by atoms with Gasteiger partial charge in [0.05, 0.1) is 0 Å². The van der Waals surface area contributed by atoms with Crippen LogP contribution in [0.2, 0.25) is 0 Å². The number of carboxylic acid groups (broad SMARTS) is 1. The van der Waals surface area contributed by atoms with E-state index in [9.17, 15) is 4.79 Å². The number of hydrogen-bond acceptors (Lipinski definition) is 4. The molecule has 0 aliphatic carbocycles. The molecule has 0 fully saturated rings. The van der Waals surface area contributed by atoms with E-state index in [4.69, 9.17) is 10.8 Å². The van der Waals surface area contributed by atoms with Gasteiger partial charge in [-0.3, -0.25) is 9.78 Å². The summed E-state index contributed by atoms with van der Waals surface area (Å²) in [4.78, 5) is 16.1. The highest BCUT2D eigenvalue weighted by Gasteiger charge is 2.13. The second-order valence-corrected chi connectivity index (χ2v) is 3.03. The molecule has 0 spiro atoms. The van der Waals surface area contributed by atoms with Crippen LogP contribution in [0.1, 0.15) is 0 Å². The Bertz CT molecular complexity index is 302. The molecule has 5 heteroatoms. The Hall–Kier alpha value is -1.62. The normalized spacial score (nSPS) is 12.1. The second-order valence-electron chi connectivity index (χ2n) is 3.03. The fraction of sp³-hybridized carbons (Fsp3) is 0.333. The number of anilines is 1. The summed E-state index contributed by atoms with van der Waals surface area (Å²) in [6, 6.07) is 2.73. The molecule has 1 atom stereocenters. The Kier molecular flexibility index (Phi) is 3.41. The van der Waals surface area contributed by atoms with Crippen molar-refractivity contribution in [2.75, 3.05) is 18.5 Å². The van der Waals surface area contributed by atoms with E-state index in [1.54, 1.807) is 36.5 Å². The predicted molar refractivity (Wildman–Crippen MR) is 53.1 cm³/mol. The van der Waals surface area contributed by atoms with E-state index < -0.39 is 12.0 Å². The summed E-state index contributed by atoms with van der Waals surface area (Å²) in [6.45, 7) is 0.277. The molecule has 1 unspecified atom stereocenters. The fourth-order valence-corrected chi connectivity index (χ4v) is 1.08. The number of pyridine rings is 1. The first-order valence-electron chi connectivity index (χ1n) is 4.21. The van der Waals surface area contributed by atoms with Crippen molar-refractivity contribution in [2.24, 2.45) is 5.73 Å². The van der Waals surface area contributed by atoms with Gasteiger partial charge in [0.15, 0.2) is 0 Å². The second kappa shape index (κ2) is 4.57. The van der Waals surface area contributed by atoms with Gasteiger partial charge in [-0.15, -0.1) is 0 Å². The van der Waals surface area contributed by atoms with Crippen molar-refractivity contribution in [3.05, 3.63) is 24.5 Å². The molecule has 3 N–H and O–H groups in total. The van der Waals surface area contributed by atoms with E-state index in [1.807, 2.05) is 0 Å². The molecule has 0 aliphatic heterocycles. The molecule has 1 aromatic rings. The zero-order valence-electron chi connectivity index (χ0n) is 7.92. The lowest BCUT2D eigenvalue weighted by atomic mass is 10.3. The fourth-order valence-electron chi connectivity index (χ4n) is 1.08. The van der Waals surface area contributed by atoms with E-state index in [0.717, 1.165) is 5.69 Å². The lowest BCUT2D eigenvalue weighted by molar-refractivity contribution is -0.138. The summed E-state index contributed by atoms with van der Waals surface area (Å²) >= 11 is 0. The topological polar surface area (TPSA) is 79.5 Å².